The molecule has 2 aromatic heterocycles. The molecule has 2 heterocycles. The number of aryl methyl sites for hydroxylation is 2. The van der Waals surface area contributed by atoms with E-state index in [9.17, 15) is 0 Å². The van der Waals surface area contributed by atoms with Gasteiger partial charge in [0.15, 0.2) is 0 Å². The minimum Gasteiger partial charge on any atom is -0.313 e. The molecule has 2 rings (SSSR count). The molecule has 0 unspecified atom stereocenters. The fourth-order valence-electron chi connectivity index (χ4n) is 1.78. The van der Waals surface area contributed by atoms with Crippen molar-refractivity contribution in [1.29, 1.82) is 0 Å². The number of nitrogens with zero attached hydrogens (tertiary/aromatic N) is 4. The molecule has 96 valence electrons. The average molecular weight is 245 g/mol. The SMILES string of the molecule is CCCNCc1cnn(-c2nc(C)cc(C)n2)c1. The molecule has 0 atom stereocenters. The van der Waals surface area contributed by atoms with Crippen molar-refractivity contribution in [3.63, 3.8) is 0 Å². The highest BCUT2D eigenvalue weighted by Crippen LogP contribution is 2.06. The molecule has 0 saturated carbocycles. The van der Waals surface area contributed by atoms with Crippen molar-refractivity contribution < 1.29 is 0 Å². The van der Waals surface area contributed by atoms with Gasteiger partial charge >= 0.3 is 0 Å². The predicted octanol–water partition coefficient (Wildman–Crippen LogP) is 1.78. The molecular weight excluding hydrogens is 226 g/mol. The van der Waals surface area contributed by atoms with E-state index in [0.29, 0.717) is 5.95 Å². The van der Waals surface area contributed by atoms with Gasteiger partial charge in [0.25, 0.3) is 5.95 Å². The molecule has 2 aromatic rings. The minimum atomic E-state index is 0.634. The first kappa shape index (κ1) is 12.7. The maximum atomic E-state index is 4.38. The number of hydrogen-bond acceptors (Lipinski definition) is 4. The lowest BCUT2D eigenvalue weighted by atomic mass is 10.3. The molecule has 0 radical (unpaired) electrons. The van der Waals surface area contributed by atoms with Gasteiger partial charge in [0.05, 0.1) is 6.20 Å². The Morgan fingerprint density at radius 2 is 1.94 bits per heavy atom. The minimum absolute atomic E-state index is 0.634. The predicted molar refractivity (Wildman–Crippen MR) is 70.6 cm³/mol. The Kier molecular flexibility index (Phi) is 4.04. The first-order valence-corrected chi connectivity index (χ1v) is 6.26. The van der Waals surface area contributed by atoms with Gasteiger partial charge in [0.1, 0.15) is 0 Å². The summed E-state index contributed by atoms with van der Waals surface area (Å²) in [5.41, 5.74) is 3.06. The molecule has 5 nitrogen and oxygen atoms in total. The van der Waals surface area contributed by atoms with E-state index in [4.69, 9.17) is 0 Å². The highest BCUT2D eigenvalue weighted by molar-refractivity contribution is 5.19. The monoisotopic (exact) mass is 245 g/mol. The third kappa shape index (κ3) is 3.13. The van der Waals surface area contributed by atoms with E-state index in [1.807, 2.05) is 32.3 Å². The summed E-state index contributed by atoms with van der Waals surface area (Å²) in [6.07, 6.45) is 4.95. The van der Waals surface area contributed by atoms with Crippen LogP contribution >= 0.6 is 0 Å². The number of aromatic nitrogens is 4. The Hall–Kier alpha value is -1.75. The van der Waals surface area contributed by atoms with Crippen LogP contribution in [0.3, 0.4) is 0 Å². The molecule has 1 N–H and O–H groups in total. The molecule has 18 heavy (non-hydrogen) atoms. The zero-order valence-electron chi connectivity index (χ0n) is 11.1. The second kappa shape index (κ2) is 5.73. The quantitative estimate of drug-likeness (QED) is 0.816. The highest BCUT2D eigenvalue weighted by atomic mass is 15.3. The van der Waals surface area contributed by atoms with Crippen molar-refractivity contribution in [3.05, 3.63) is 35.4 Å². The van der Waals surface area contributed by atoms with Crippen LogP contribution < -0.4 is 5.32 Å². The van der Waals surface area contributed by atoms with Gasteiger partial charge < -0.3 is 5.32 Å². The van der Waals surface area contributed by atoms with Crippen LogP contribution in [0.25, 0.3) is 5.95 Å². The second-order valence-electron chi connectivity index (χ2n) is 4.42. The standard InChI is InChI=1S/C13H19N5/c1-4-5-14-7-12-8-15-18(9-12)13-16-10(2)6-11(3)17-13/h6,8-9,14H,4-5,7H2,1-3H3. The summed E-state index contributed by atoms with van der Waals surface area (Å²) < 4.78 is 1.73. The van der Waals surface area contributed by atoms with E-state index in [1.54, 1.807) is 4.68 Å². The topological polar surface area (TPSA) is 55.6 Å². The number of nitrogens with one attached hydrogen (secondary N) is 1. The lowest BCUT2D eigenvalue weighted by Crippen LogP contribution is -2.13. The summed E-state index contributed by atoms with van der Waals surface area (Å²) in [7, 11) is 0. The second-order valence-corrected chi connectivity index (χ2v) is 4.42. The maximum absolute atomic E-state index is 4.38. The first-order chi connectivity index (χ1) is 8.69. The molecule has 0 aliphatic rings. The summed E-state index contributed by atoms with van der Waals surface area (Å²) in [5, 5.41) is 7.64. The van der Waals surface area contributed by atoms with Crippen LogP contribution in [0.2, 0.25) is 0 Å². The zero-order chi connectivity index (χ0) is 13.0. The van der Waals surface area contributed by atoms with Gasteiger partial charge in [-0.05, 0) is 32.9 Å². The van der Waals surface area contributed by atoms with Crippen LogP contribution in [-0.2, 0) is 6.54 Å². The molecule has 0 aliphatic carbocycles. The molecule has 5 heteroatoms. The van der Waals surface area contributed by atoms with Crippen molar-refractivity contribution in [2.45, 2.75) is 33.7 Å². The summed E-state index contributed by atoms with van der Waals surface area (Å²) in [6, 6.07) is 1.96. The maximum Gasteiger partial charge on any atom is 0.250 e. The van der Waals surface area contributed by atoms with Crippen LogP contribution in [0.5, 0.6) is 0 Å². The van der Waals surface area contributed by atoms with Crippen LogP contribution in [0.4, 0.5) is 0 Å². The summed E-state index contributed by atoms with van der Waals surface area (Å²) >= 11 is 0. The largest absolute Gasteiger partial charge is 0.313 e. The molecule has 0 aromatic carbocycles. The van der Waals surface area contributed by atoms with Crippen molar-refractivity contribution in [2.75, 3.05) is 6.54 Å². The molecule has 0 saturated heterocycles. The van der Waals surface area contributed by atoms with Crippen LogP contribution in [0.15, 0.2) is 18.5 Å². The first-order valence-electron chi connectivity index (χ1n) is 6.26. The average Bonchev–Trinajstić information content (AvgIpc) is 2.77. The van der Waals surface area contributed by atoms with E-state index in [2.05, 4.69) is 27.3 Å². The van der Waals surface area contributed by atoms with E-state index in [1.165, 1.54) is 0 Å². The van der Waals surface area contributed by atoms with Gasteiger partial charge in [-0.1, -0.05) is 6.92 Å². The van der Waals surface area contributed by atoms with E-state index in [0.717, 1.165) is 36.5 Å². The van der Waals surface area contributed by atoms with Crippen molar-refractivity contribution in [2.24, 2.45) is 0 Å². The van der Waals surface area contributed by atoms with Crippen molar-refractivity contribution >= 4 is 0 Å². The van der Waals surface area contributed by atoms with E-state index in [-0.39, 0.29) is 0 Å². The van der Waals surface area contributed by atoms with Crippen LogP contribution in [0.1, 0.15) is 30.3 Å². The molecule has 0 spiro atoms. The van der Waals surface area contributed by atoms with Crippen molar-refractivity contribution in [3.8, 4) is 5.95 Å². The Morgan fingerprint density at radius 3 is 2.61 bits per heavy atom. The van der Waals surface area contributed by atoms with Gasteiger partial charge in [0, 0.05) is 29.7 Å². The van der Waals surface area contributed by atoms with Gasteiger partial charge in [-0.25, -0.2) is 14.6 Å². The fraction of sp³-hybridized carbons (Fsp3) is 0.462. The third-order valence-corrected chi connectivity index (χ3v) is 2.57. The Labute approximate surface area is 107 Å². The Bertz CT molecular complexity index is 498. The van der Waals surface area contributed by atoms with Gasteiger partial charge in [0.2, 0.25) is 0 Å². The third-order valence-electron chi connectivity index (χ3n) is 2.57. The molecule has 0 amide bonds. The van der Waals surface area contributed by atoms with Crippen LogP contribution in [0, 0.1) is 13.8 Å². The van der Waals surface area contributed by atoms with E-state index < -0.39 is 0 Å². The van der Waals surface area contributed by atoms with Gasteiger partial charge in [-0.15, -0.1) is 0 Å². The van der Waals surface area contributed by atoms with Gasteiger partial charge in [-0.2, -0.15) is 5.10 Å². The number of rotatable bonds is 5. The fourth-order valence-corrected chi connectivity index (χ4v) is 1.78. The normalized spacial score (nSPS) is 10.8. The van der Waals surface area contributed by atoms with E-state index >= 15 is 0 Å². The Morgan fingerprint density at radius 1 is 1.22 bits per heavy atom. The van der Waals surface area contributed by atoms with Gasteiger partial charge in [-0.3, -0.25) is 0 Å². The number of hydrogen-bond donors (Lipinski definition) is 1. The molecule has 0 aliphatic heterocycles. The lowest BCUT2D eigenvalue weighted by Gasteiger charge is -2.02. The summed E-state index contributed by atoms with van der Waals surface area (Å²) in [6.45, 7) is 7.93. The smallest absolute Gasteiger partial charge is 0.250 e. The lowest BCUT2D eigenvalue weighted by molar-refractivity contribution is 0.675. The van der Waals surface area contributed by atoms with Crippen molar-refractivity contribution in [1.82, 2.24) is 25.1 Å². The highest BCUT2D eigenvalue weighted by Gasteiger charge is 2.04. The summed E-state index contributed by atoms with van der Waals surface area (Å²) in [5.74, 6) is 0.634. The summed E-state index contributed by atoms with van der Waals surface area (Å²) in [4.78, 5) is 8.77. The zero-order valence-corrected chi connectivity index (χ0v) is 11.1. The van der Waals surface area contributed by atoms with Crippen LogP contribution in [-0.4, -0.2) is 26.3 Å². The molecular formula is C13H19N5. The Balaban J connectivity index is 2.13. The molecule has 0 fully saturated rings. The molecule has 0 bridgehead atoms.